The van der Waals surface area contributed by atoms with Crippen molar-refractivity contribution in [3.63, 3.8) is 0 Å². The number of rotatable bonds is 7. The number of hydrogen-bond acceptors (Lipinski definition) is 5. The van der Waals surface area contributed by atoms with E-state index >= 15 is 0 Å². The minimum atomic E-state index is -0.432. The van der Waals surface area contributed by atoms with Crippen molar-refractivity contribution in [2.24, 2.45) is 0 Å². The van der Waals surface area contributed by atoms with E-state index in [0.29, 0.717) is 28.6 Å². The molecule has 0 aliphatic heterocycles. The number of aromatic nitrogens is 2. The Hall–Kier alpha value is -3.48. The number of ether oxygens (including phenoxy) is 1. The fourth-order valence-electron chi connectivity index (χ4n) is 3.00. The molecule has 156 valence electrons. The molecular weight excluding hydrogens is 382 g/mol. The highest BCUT2D eigenvalue weighted by Crippen LogP contribution is 2.17. The zero-order valence-corrected chi connectivity index (χ0v) is 17.3. The molecule has 30 heavy (non-hydrogen) atoms. The summed E-state index contributed by atoms with van der Waals surface area (Å²) in [6.07, 6.45) is 1.77. The van der Waals surface area contributed by atoms with Gasteiger partial charge < -0.3 is 10.1 Å². The molecule has 0 atom stereocenters. The fraction of sp³-hybridized carbons (Fsp3) is 0.304. The van der Waals surface area contributed by atoms with Gasteiger partial charge in [-0.25, -0.2) is 9.48 Å². The van der Waals surface area contributed by atoms with Gasteiger partial charge in [-0.15, -0.1) is 0 Å². The number of carbonyl (C=O) groups is 2. The van der Waals surface area contributed by atoms with Gasteiger partial charge in [0.15, 0.2) is 5.69 Å². The van der Waals surface area contributed by atoms with Crippen LogP contribution in [-0.2, 0) is 4.74 Å². The zero-order valence-electron chi connectivity index (χ0n) is 17.3. The van der Waals surface area contributed by atoms with Crippen LogP contribution in [0.2, 0.25) is 0 Å². The van der Waals surface area contributed by atoms with E-state index in [2.05, 4.69) is 10.4 Å². The summed E-state index contributed by atoms with van der Waals surface area (Å²) in [5.41, 5.74) is 0.865. The molecule has 0 unspecified atom stereocenters. The van der Waals surface area contributed by atoms with Gasteiger partial charge in [0.25, 0.3) is 11.5 Å². The van der Waals surface area contributed by atoms with E-state index in [0.717, 1.165) is 12.8 Å². The summed E-state index contributed by atoms with van der Waals surface area (Å²) in [5, 5.41) is 8.02. The van der Waals surface area contributed by atoms with Gasteiger partial charge in [0.2, 0.25) is 0 Å². The Morgan fingerprint density at radius 1 is 1.07 bits per heavy atom. The van der Waals surface area contributed by atoms with Gasteiger partial charge in [-0.1, -0.05) is 31.5 Å². The average molecular weight is 407 g/mol. The average Bonchev–Trinajstić information content (AvgIpc) is 2.74. The second-order valence-electron chi connectivity index (χ2n) is 7.26. The van der Waals surface area contributed by atoms with Crippen LogP contribution < -0.4 is 10.9 Å². The molecule has 0 aliphatic carbocycles. The smallest absolute Gasteiger partial charge is 0.338 e. The molecule has 0 bridgehead atoms. The molecule has 0 aliphatic rings. The molecule has 0 spiro atoms. The maximum atomic E-state index is 12.9. The zero-order chi connectivity index (χ0) is 21.7. The number of unbranched alkanes of at least 4 members (excludes halogenated alkanes) is 1. The Morgan fingerprint density at radius 2 is 1.73 bits per heavy atom. The maximum absolute atomic E-state index is 12.9. The molecule has 3 aromatic rings. The standard InChI is InChI=1S/C23H25N3O4/c1-4-5-14-30-23(29)16-10-12-17(13-11-16)24-21(27)20-18-8-6-7-9-19(18)22(28)26(25-20)15(2)3/h6-13,15H,4-5,14H2,1-3H3,(H,24,27). The molecular formula is C23H25N3O4. The topological polar surface area (TPSA) is 90.3 Å². The molecule has 1 N–H and O–H groups in total. The highest BCUT2D eigenvalue weighted by atomic mass is 16.5. The molecule has 7 heteroatoms. The molecule has 1 amide bonds. The van der Waals surface area contributed by atoms with Crippen molar-refractivity contribution in [3.05, 3.63) is 70.1 Å². The Kier molecular flexibility index (Phi) is 6.61. The first-order valence-corrected chi connectivity index (χ1v) is 10.0. The fourth-order valence-corrected chi connectivity index (χ4v) is 3.00. The lowest BCUT2D eigenvalue weighted by molar-refractivity contribution is 0.0499. The third-order valence-corrected chi connectivity index (χ3v) is 4.64. The normalized spacial score (nSPS) is 10.9. The second kappa shape index (κ2) is 9.35. The van der Waals surface area contributed by atoms with Crippen molar-refractivity contribution in [3.8, 4) is 0 Å². The Balaban J connectivity index is 1.84. The highest BCUT2D eigenvalue weighted by molar-refractivity contribution is 6.11. The summed E-state index contributed by atoms with van der Waals surface area (Å²) < 4.78 is 6.50. The van der Waals surface area contributed by atoms with Crippen molar-refractivity contribution >= 4 is 28.3 Å². The van der Waals surface area contributed by atoms with Crippen molar-refractivity contribution in [1.29, 1.82) is 0 Å². The predicted molar refractivity (Wildman–Crippen MR) is 116 cm³/mol. The van der Waals surface area contributed by atoms with Gasteiger partial charge in [0, 0.05) is 11.1 Å². The summed E-state index contributed by atoms with van der Waals surface area (Å²) in [5.74, 6) is -0.822. The van der Waals surface area contributed by atoms with Gasteiger partial charge in [-0.05, 0) is 50.6 Å². The lowest BCUT2D eigenvalue weighted by Crippen LogP contribution is -2.28. The van der Waals surface area contributed by atoms with E-state index < -0.39 is 11.9 Å². The highest BCUT2D eigenvalue weighted by Gasteiger charge is 2.18. The van der Waals surface area contributed by atoms with Crippen molar-refractivity contribution in [2.45, 2.75) is 39.7 Å². The molecule has 1 aromatic heterocycles. The molecule has 2 aromatic carbocycles. The van der Waals surface area contributed by atoms with E-state index in [1.807, 2.05) is 20.8 Å². The lowest BCUT2D eigenvalue weighted by Gasteiger charge is -2.13. The molecule has 0 saturated carbocycles. The number of nitrogens with zero attached hydrogens (tertiary/aromatic N) is 2. The lowest BCUT2D eigenvalue weighted by atomic mass is 10.1. The molecule has 7 nitrogen and oxygen atoms in total. The second-order valence-corrected chi connectivity index (χ2v) is 7.26. The van der Waals surface area contributed by atoms with Crippen molar-refractivity contribution in [2.75, 3.05) is 11.9 Å². The van der Waals surface area contributed by atoms with Crippen LogP contribution in [0.4, 0.5) is 5.69 Å². The van der Waals surface area contributed by atoms with E-state index in [1.165, 1.54) is 4.68 Å². The number of anilines is 1. The predicted octanol–water partition coefficient (Wildman–Crippen LogP) is 4.19. The largest absolute Gasteiger partial charge is 0.462 e. The Bertz CT molecular complexity index is 1120. The van der Waals surface area contributed by atoms with Crippen molar-refractivity contribution < 1.29 is 14.3 Å². The molecule has 1 heterocycles. The number of carbonyl (C=O) groups excluding carboxylic acids is 2. The summed E-state index contributed by atoms with van der Waals surface area (Å²) in [6.45, 7) is 6.08. The maximum Gasteiger partial charge on any atom is 0.338 e. The number of fused-ring (bicyclic) bond motifs is 1. The van der Waals surface area contributed by atoms with Crippen LogP contribution in [0.25, 0.3) is 10.8 Å². The quantitative estimate of drug-likeness (QED) is 0.469. The number of hydrogen-bond donors (Lipinski definition) is 1. The summed E-state index contributed by atoms with van der Waals surface area (Å²) in [6, 6.07) is 13.2. The number of amides is 1. The Labute approximate surface area is 174 Å². The number of esters is 1. The van der Waals surface area contributed by atoms with E-state index in [9.17, 15) is 14.4 Å². The summed E-state index contributed by atoms with van der Waals surface area (Å²) in [7, 11) is 0. The van der Waals surface area contributed by atoms with Crippen LogP contribution in [-0.4, -0.2) is 28.3 Å². The van der Waals surface area contributed by atoms with E-state index in [1.54, 1.807) is 48.5 Å². The number of nitrogens with one attached hydrogen (secondary N) is 1. The van der Waals surface area contributed by atoms with Crippen LogP contribution in [0, 0.1) is 0 Å². The first kappa shape index (κ1) is 21.2. The molecule has 0 fully saturated rings. The van der Waals surface area contributed by atoms with Crippen molar-refractivity contribution in [1.82, 2.24) is 9.78 Å². The van der Waals surface area contributed by atoms with Gasteiger partial charge in [-0.2, -0.15) is 5.10 Å². The van der Waals surface area contributed by atoms with E-state index in [-0.39, 0.29) is 17.3 Å². The first-order valence-electron chi connectivity index (χ1n) is 10.0. The summed E-state index contributed by atoms with van der Waals surface area (Å²) >= 11 is 0. The SMILES string of the molecule is CCCCOC(=O)c1ccc(NC(=O)c2nn(C(C)C)c(=O)c3ccccc23)cc1. The van der Waals surface area contributed by atoms with Crippen LogP contribution in [0.1, 0.15) is 60.5 Å². The molecule has 0 saturated heterocycles. The third-order valence-electron chi connectivity index (χ3n) is 4.64. The van der Waals surface area contributed by atoms with Gasteiger partial charge in [0.05, 0.1) is 23.6 Å². The van der Waals surface area contributed by atoms with Gasteiger partial charge >= 0.3 is 5.97 Å². The van der Waals surface area contributed by atoms with Gasteiger partial charge in [-0.3, -0.25) is 9.59 Å². The molecule has 0 radical (unpaired) electrons. The van der Waals surface area contributed by atoms with Crippen LogP contribution in [0.5, 0.6) is 0 Å². The minimum Gasteiger partial charge on any atom is -0.462 e. The Morgan fingerprint density at radius 3 is 2.37 bits per heavy atom. The molecule has 3 rings (SSSR count). The van der Waals surface area contributed by atoms with E-state index in [4.69, 9.17) is 4.74 Å². The van der Waals surface area contributed by atoms with Crippen LogP contribution in [0.3, 0.4) is 0 Å². The first-order chi connectivity index (χ1) is 14.4. The summed E-state index contributed by atoms with van der Waals surface area (Å²) in [4.78, 5) is 37.6. The number of benzene rings is 2. The monoisotopic (exact) mass is 407 g/mol. The van der Waals surface area contributed by atoms with Gasteiger partial charge in [0.1, 0.15) is 0 Å². The van der Waals surface area contributed by atoms with Crippen LogP contribution in [0.15, 0.2) is 53.3 Å². The minimum absolute atomic E-state index is 0.168. The third kappa shape index (κ3) is 4.56. The van der Waals surface area contributed by atoms with Crippen LogP contribution >= 0.6 is 0 Å².